The molecule has 2 aromatic heterocycles. The first kappa shape index (κ1) is 15.7. The van der Waals surface area contributed by atoms with Crippen molar-refractivity contribution < 1.29 is 18.4 Å². The third kappa shape index (κ3) is 3.40. The number of nitrogens with one attached hydrogen (secondary N) is 1. The maximum Gasteiger partial charge on any atom is 0.278 e. The number of anilines is 1. The van der Waals surface area contributed by atoms with Crippen molar-refractivity contribution >= 4 is 11.6 Å². The second-order valence-corrected chi connectivity index (χ2v) is 4.98. The highest BCUT2D eigenvalue weighted by molar-refractivity contribution is 6.03. The summed E-state index contributed by atoms with van der Waals surface area (Å²) >= 11 is 0. The molecule has 0 aliphatic carbocycles. The lowest BCUT2D eigenvalue weighted by Gasteiger charge is -2.08. The molecule has 0 aliphatic heterocycles. The van der Waals surface area contributed by atoms with Crippen molar-refractivity contribution in [3.8, 4) is 5.75 Å². The minimum atomic E-state index is -0.477. The van der Waals surface area contributed by atoms with Gasteiger partial charge in [0.1, 0.15) is 12.4 Å². The highest BCUT2D eigenvalue weighted by atomic mass is 19.1. The maximum absolute atomic E-state index is 13.6. The predicted molar refractivity (Wildman–Crippen MR) is 84.2 cm³/mol. The molecule has 1 aromatic carbocycles. The molecule has 1 N–H and O–H groups in total. The number of hydrogen-bond acceptors (Lipinski definition) is 5. The molecular weight excluding hydrogens is 313 g/mol. The first-order valence-electron chi connectivity index (χ1n) is 7.19. The number of para-hydroxylation sites is 1. The standard InChI is InChI=1S/C17H14FN3O3/c1-11-13(10-23-15-5-3-2-4-14(15)18)16(21-24-11)17(22)20-12-6-8-19-9-7-12/h2-9H,10H2,1H3,(H,19,20,22). The van der Waals surface area contributed by atoms with Crippen LogP contribution in [0, 0.1) is 12.7 Å². The molecule has 0 spiro atoms. The predicted octanol–water partition coefficient (Wildman–Crippen LogP) is 3.35. The highest BCUT2D eigenvalue weighted by Crippen LogP contribution is 2.21. The molecule has 1 amide bonds. The summed E-state index contributed by atoms with van der Waals surface area (Å²) in [5.41, 5.74) is 1.14. The highest BCUT2D eigenvalue weighted by Gasteiger charge is 2.21. The van der Waals surface area contributed by atoms with Gasteiger partial charge in [-0.15, -0.1) is 0 Å². The second-order valence-electron chi connectivity index (χ2n) is 4.98. The van der Waals surface area contributed by atoms with E-state index in [4.69, 9.17) is 9.26 Å². The molecule has 24 heavy (non-hydrogen) atoms. The lowest BCUT2D eigenvalue weighted by atomic mass is 10.2. The molecule has 3 aromatic rings. The van der Waals surface area contributed by atoms with Crippen LogP contribution in [0.3, 0.4) is 0 Å². The molecule has 0 saturated carbocycles. The Labute approximate surface area is 137 Å². The van der Waals surface area contributed by atoms with Gasteiger partial charge >= 0.3 is 0 Å². The van der Waals surface area contributed by atoms with Gasteiger partial charge in [-0.1, -0.05) is 17.3 Å². The van der Waals surface area contributed by atoms with Gasteiger partial charge in [0.2, 0.25) is 0 Å². The van der Waals surface area contributed by atoms with Gasteiger partial charge < -0.3 is 14.6 Å². The molecule has 122 valence electrons. The van der Waals surface area contributed by atoms with E-state index in [1.165, 1.54) is 12.1 Å². The topological polar surface area (TPSA) is 77.3 Å². The average molecular weight is 327 g/mol. The van der Waals surface area contributed by atoms with Crippen LogP contribution in [-0.2, 0) is 6.61 Å². The summed E-state index contributed by atoms with van der Waals surface area (Å²) in [6.07, 6.45) is 3.12. The maximum atomic E-state index is 13.6. The number of hydrogen-bond donors (Lipinski definition) is 1. The van der Waals surface area contributed by atoms with Crippen LogP contribution < -0.4 is 10.1 Å². The van der Waals surface area contributed by atoms with E-state index in [0.717, 1.165) is 0 Å². The minimum absolute atomic E-state index is 0.0324. The summed E-state index contributed by atoms with van der Waals surface area (Å²) in [6.45, 7) is 1.63. The van der Waals surface area contributed by atoms with Gasteiger partial charge in [0.15, 0.2) is 17.3 Å². The molecule has 7 heteroatoms. The summed E-state index contributed by atoms with van der Waals surface area (Å²) in [5, 5.41) is 6.46. The Morgan fingerprint density at radius 1 is 1.25 bits per heavy atom. The number of nitrogens with zero attached hydrogens (tertiary/aromatic N) is 2. The summed E-state index contributed by atoms with van der Waals surface area (Å²) in [4.78, 5) is 16.2. The van der Waals surface area contributed by atoms with E-state index in [9.17, 15) is 9.18 Å². The number of amides is 1. The van der Waals surface area contributed by atoms with Crippen molar-refractivity contribution in [3.63, 3.8) is 0 Å². The fourth-order valence-corrected chi connectivity index (χ4v) is 2.08. The molecule has 3 rings (SSSR count). The van der Waals surface area contributed by atoms with Crippen LogP contribution >= 0.6 is 0 Å². The van der Waals surface area contributed by atoms with Gasteiger partial charge in [-0.25, -0.2) is 4.39 Å². The molecule has 6 nitrogen and oxygen atoms in total. The summed E-state index contributed by atoms with van der Waals surface area (Å²) < 4.78 is 24.1. The van der Waals surface area contributed by atoms with Crippen LogP contribution in [-0.4, -0.2) is 16.0 Å². The Morgan fingerprint density at radius 2 is 2.00 bits per heavy atom. The monoisotopic (exact) mass is 327 g/mol. The van der Waals surface area contributed by atoms with Crippen LogP contribution in [0.15, 0.2) is 53.3 Å². The third-order valence-electron chi connectivity index (χ3n) is 3.35. The number of halogens is 1. The molecule has 0 atom stereocenters. The third-order valence-corrected chi connectivity index (χ3v) is 3.35. The van der Waals surface area contributed by atoms with Crippen molar-refractivity contribution in [2.75, 3.05) is 5.32 Å². The largest absolute Gasteiger partial charge is 0.486 e. The zero-order valence-corrected chi connectivity index (χ0v) is 12.8. The van der Waals surface area contributed by atoms with Crippen molar-refractivity contribution in [1.82, 2.24) is 10.1 Å². The normalized spacial score (nSPS) is 10.4. The molecular formula is C17H14FN3O3. The van der Waals surface area contributed by atoms with Crippen LogP contribution in [0.1, 0.15) is 21.8 Å². The molecule has 0 radical (unpaired) electrons. The Kier molecular flexibility index (Phi) is 4.51. The summed E-state index contributed by atoms with van der Waals surface area (Å²) in [7, 11) is 0. The van der Waals surface area contributed by atoms with Gasteiger partial charge in [0, 0.05) is 18.1 Å². The lowest BCUT2D eigenvalue weighted by molar-refractivity contribution is 0.101. The number of carbonyl (C=O) groups is 1. The molecule has 0 fully saturated rings. The Bertz CT molecular complexity index is 849. The zero-order chi connectivity index (χ0) is 16.9. The number of aromatic nitrogens is 2. The quantitative estimate of drug-likeness (QED) is 0.777. The zero-order valence-electron chi connectivity index (χ0n) is 12.8. The smallest absolute Gasteiger partial charge is 0.278 e. The lowest BCUT2D eigenvalue weighted by Crippen LogP contribution is -2.15. The van der Waals surface area contributed by atoms with Crippen LogP contribution in [0.2, 0.25) is 0 Å². The second kappa shape index (κ2) is 6.91. The van der Waals surface area contributed by atoms with Gasteiger partial charge in [0.25, 0.3) is 5.91 Å². The van der Waals surface area contributed by atoms with E-state index in [-0.39, 0.29) is 18.1 Å². The van der Waals surface area contributed by atoms with Gasteiger partial charge in [0.05, 0.1) is 5.56 Å². The van der Waals surface area contributed by atoms with Gasteiger partial charge in [-0.05, 0) is 31.2 Å². The van der Waals surface area contributed by atoms with Crippen molar-refractivity contribution in [2.24, 2.45) is 0 Å². The van der Waals surface area contributed by atoms with Crippen molar-refractivity contribution in [3.05, 3.63) is 71.6 Å². The van der Waals surface area contributed by atoms with Crippen LogP contribution in [0.4, 0.5) is 10.1 Å². The fourth-order valence-electron chi connectivity index (χ4n) is 2.08. The van der Waals surface area contributed by atoms with Crippen molar-refractivity contribution in [1.29, 1.82) is 0 Å². The van der Waals surface area contributed by atoms with E-state index < -0.39 is 11.7 Å². The number of aryl methyl sites for hydroxylation is 1. The summed E-state index contributed by atoms with van der Waals surface area (Å²) in [6, 6.07) is 9.35. The molecule has 0 bridgehead atoms. The first-order chi connectivity index (χ1) is 11.6. The Morgan fingerprint density at radius 3 is 2.75 bits per heavy atom. The minimum Gasteiger partial charge on any atom is -0.486 e. The number of carbonyl (C=O) groups excluding carboxylic acids is 1. The number of benzene rings is 1. The van der Waals surface area contributed by atoms with Gasteiger partial charge in [-0.3, -0.25) is 9.78 Å². The number of pyridine rings is 1. The number of rotatable bonds is 5. The van der Waals surface area contributed by atoms with E-state index in [2.05, 4.69) is 15.5 Å². The first-order valence-corrected chi connectivity index (χ1v) is 7.19. The molecule has 0 aliphatic rings. The molecule has 0 saturated heterocycles. The van der Waals surface area contributed by atoms with Gasteiger partial charge in [-0.2, -0.15) is 0 Å². The molecule has 0 unspecified atom stereocenters. The van der Waals surface area contributed by atoms with Crippen LogP contribution in [0.5, 0.6) is 5.75 Å². The van der Waals surface area contributed by atoms with E-state index in [1.807, 2.05) is 0 Å². The van der Waals surface area contributed by atoms with E-state index in [0.29, 0.717) is 17.0 Å². The SMILES string of the molecule is Cc1onc(C(=O)Nc2ccncc2)c1COc1ccccc1F. The van der Waals surface area contributed by atoms with Crippen molar-refractivity contribution in [2.45, 2.75) is 13.5 Å². The van der Waals surface area contributed by atoms with E-state index in [1.54, 1.807) is 43.6 Å². The number of ether oxygens (including phenoxy) is 1. The van der Waals surface area contributed by atoms with E-state index >= 15 is 0 Å². The Balaban J connectivity index is 1.76. The Hall–Kier alpha value is -3.22. The van der Waals surface area contributed by atoms with Crippen LogP contribution in [0.25, 0.3) is 0 Å². The molecule has 2 heterocycles. The summed E-state index contributed by atoms with van der Waals surface area (Å²) in [5.74, 6) is -0.385. The fraction of sp³-hybridized carbons (Fsp3) is 0.118. The average Bonchev–Trinajstić information content (AvgIpc) is 2.96.